The van der Waals surface area contributed by atoms with E-state index in [1.807, 2.05) is 13.8 Å². The molecule has 182 valence electrons. The third-order valence-corrected chi connectivity index (χ3v) is 5.34. The van der Waals surface area contributed by atoms with Gasteiger partial charge in [0.05, 0.1) is 0 Å². The highest BCUT2D eigenvalue weighted by Crippen LogP contribution is 2.11. The lowest BCUT2D eigenvalue weighted by atomic mass is 9.97. The summed E-state index contributed by atoms with van der Waals surface area (Å²) in [6, 6.07) is 4.43. The zero-order valence-corrected chi connectivity index (χ0v) is 19.1. The van der Waals surface area contributed by atoms with Gasteiger partial charge in [-0.1, -0.05) is 32.4 Å². The van der Waals surface area contributed by atoms with E-state index in [0.29, 0.717) is 30.4 Å². The van der Waals surface area contributed by atoms with Gasteiger partial charge < -0.3 is 21.1 Å². The predicted molar refractivity (Wildman–Crippen MR) is 120 cm³/mol. The quantitative estimate of drug-likeness (QED) is 0.186. The van der Waals surface area contributed by atoms with Crippen molar-refractivity contribution in [2.24, 2.45) is 5.92 Å². The summed E-state index contributed by atoms with van der Waals surface area (Å²) in [5.74, 6) is -1.46. The van der Waals surface area contributed by atoms with Gasteiger partial charge >= 0.3 is 6.09 Å². The van der Waals surface area contributed by atoms with E-state index < -0.39 is 34.8 Å². The maximum atomic E-state index is 12.7. The number of nitrogens with one attached hydrogen (secondary N) is 3. The number of carbonyl (C=O) groups excluding carboxylic acids is 3. The first-order valence-corrected chi connectivity index (χ1v) is 10.8. The molecule has 3 atom stereocenters. The van der Waals surface area contributed by atoms with Gasteiger partial charge in [-0.2, -0.15) is 0 Å². The van der Waals surface area contributed by atoms with E-state index in [-0.39, 0.29) is 31.3 Å². The van der Waals surface area contributed by atoms with E-state index in [0.717, 1.165) is 0 Å². The lowest BCUT2D eigenvalue weighted by molar-refractivity contribution is -0.508. The number of carbonyl (C=O) groups is 4. The molecule has 0 radical (unpaired) electrons. The van der Waals surface area contributed by atoms with Gasteiger partial charge in [0.1, 0.15) is 6.04 Å². The van der Waals surface area contributed by atoms with Gasteiger partial charge in [0.15, 0.2) is 0 Å². The third-order valence-electron chi connectivity index (χ3n) is 5.34. The molecule has 0 fully saturated rings. The van der Waals surface area contributed by atoms with E-state index in [1.165, 1.54) is 6.92 Å². The van der Waals surface area contributed by atoms with Gasteiger partial charge in [0.2, 0.25) is 11.7 Å². The van der Waals surface area contributed by atoms with Crippen molar-refractivity contribution in [1.82, 2.24) is 16.0 Å². The molecule has 0 aliphatic heterocycles. The van der Waals surface area contributed by atoms with Crippen LogP contribution in [0.5, 0.6) is 0 Å². The van der Waals surface area contributed by atoms with Crippen LogP contribution in [0.15, 0.2) is 24.3 Å². The average Bonchev–Trinajstić information content (AvgIpc) is 2.77. The Kier molecular flexibility index (Phi) is 11.5. The standard InChI is InChI=1S/C22H32N4O7/c1-4-14(2)19(21(29)23-11-6-5-10-18(15(3)27)26(32)33)25-20(28)17-9-7-8-16(12-17)13-24-22(30)31/h7-9,12,14,18-19,24H,4-6,10-11,13H2,1-3H3,(H,23,29)(H,25,28)(H,30,31)/t14?,18?,19-/m0/s1. The monoisotopic (exact) mass is 464 g/mol. The molecule has 33 heavy (non-hydrogen) atoms. The molecule has 2 unspecified atom stereocenters. The molecule has 0 saturated heterocycles. The van der Waals surface area contributed by atoms with Crippen LogP contribution in [0.4, 0.5) is 4.79 Å². The molecule has 0 spiro atoms. The van der Waals surface area contributed by atoms with Crippen molar-refractivity contribution >= 4 is 23.7 Å². The highest BCUT2D eigenvalue weighted by Gasteiger charge is 2.27. The van der Waals surface area contributed by atoms with E-state index in [9.17, 15) is 29.3 Å². The van der Waals surface area contributed by atoms with E-state index in [4.69, 9.17) is 5.11 Å². The number of amides is 3. The van der Waals surface area contributed by atoms with Crippen molar-refractivity contribution in [3.8, 4) is 0 Å². The van der Waals surface area contributed by atoms with Gasteiger partial charge in [0.25, 0.3) is 11.9 Å². The summed E-state index contributed by atoms with van der Waals surface area (Å²) in [5, 5.41) is 27.3. The van der Waals surface area contributed by atoms with Crippen LogP contribution in [0.3, 0.4) is 0 Å². The molecule has 11 heteroatoms. The Morgan fingerprint density at radius 3 is 2.42 bits per heavy atom. The molecule has 1 aromatic carbocycles. The zero-order valence-electron chi connectivity index (χ0n) is 19.1. The topological polar surface area (TPSA) is 168 Å². The summed E-state index contributed by atoms with van der Waals surface area (Å²) in [5.41, 5.74) is 0.907. The zero-order chi connectivity index (χ0) is 25.0. The molecule has 11 nitrogen and oxygen atoms in total. The number of nitro groups is 1. The summed E-state index contributed by atoms with van der Waals surface area (Å²) in [6.07, 6.45) is 0.445. The minimum Gasteiger partial charge on any atom is -0.465 e. The van der Waals surface area contributed by atoms with Gasteiger partial charge in [-0.15, -0.1) is 0 Å². The Balaban J connectivity index is 2.67. The Hall–Kier alpha value is -3.50. The maximum Gasteiger partial charge on any atom is 0.404 e. The van der Waals surface area contributed by atoms with Crippen LogP contribution >= 0.6 is 0 Å². The lowest BCUT2D eigenvalue weighted by Gasteiger charge is -2.23. The highest BCUT2D eigenvalue weighted by atomic mass is 16.6. The van der Waals surface area contributed by atoms with E-state index in [1.54, 1.807) is 24.3 Å². The van der Waals surface area contributed by atoms with E-state index in [2.05, 4.69) is 16.0 Å². The van der Waals surface area contributed by atoms with Crippen LogP contribution in [0.1, 0.15) is 62.4 Å². The molecule has 0 aliphatic carbocycles. The fourth-order valence-corrected chi connectivity index (χ4v) is 3.17. The Labute approximate surface area is 192 Å². The average molecular weight is 465 g/mol. The summed E-state index contributed by atoms with van der Waals surface area (Å²) < 4.78 is 0. The number of unbranched alkanes of at least 4 members (excludes halogenated alkanes) is 1. The van der Waals surface area contributed by atoms with Crippen LogP contribution in [0, 0.1) is 16.0 Å². The third kappa shape index (κ3) is 9.67. The summed E-state index contributed by atoms with van der Waals surface area (Å²) in [6.45, 7) is 5.24. The predicted octanol–water partition coefficient (Wildman–Crippen LogP) is 2.12. The first-order valence-electron chi connectivity index (χ1n) is 10.8. The van der Waals surface area contributed by atoms with Crippen molar-refractivity contribution in [1.29, 1.82) is 0 Å². The van der Waals surface area contributed by atoms with Crippen LogP contribution in [-0.2, 0) is 16.1 Å². The van der Waals surface area contributed by atoms with Gasteiger partial charge in [-0.25, -0.2) is 4.79 Å². The number of rotatable bonds is 14. The second-order valence-electron chi connectivity index (χ2n) is 7.89. The smallest absolute Gasteiger partial charge is 0.404 e. The Morgan fingerprint density at radius 1 is 1.15 bits per heavy atom. The summed E-state index contributed by atoms with van der Waals surface area (Å²) in [4.78, 5) is 57.6. The molecular weight excluding hydrogens is 432 g/mol. The minimum absolute atomic E-state index is 0.0483. The molecule has 0 saturated carbocycles. The van der Waals surface area contributed by atoms with Crippen LogP contribution < -0.4 is 16.0 Å². The normalized spacial score (nSPS) is 13.3. The lowest BCUT2D eigenvalue weighted by Crippen LogP contribution is -2.50. The van der Waals surface area contributed by atoms with Crippen molar-refractivity contribution in [3.05, 3.63) is 45.5 Å². The fourth-order valence-electron chi connectivity index (χ4n) is 3.17. The Bertz CT molecular complexity index is 845. The van der Waals surface area contributed by atoms with Crippen LogP contribution in [0.2, 0.25) is 0 Å². The number of nitrogens with zero attached hydrogens (tertiary/aromatic N) is 1. The minimum atomic E-state index is -1.23. The molecule has 0 heterocycles. The molecule has 0 aromatic heterocycles. The number of carboxylic acid groups (broad SMARTS) is 1. The molecule has 3 amide bonds. The van der Waals surface area contributed by atoms with Crippen molar-refractivity contribution in [2.45, 2.75) is 65.1 Å². The number of ketones is 1. The summed E-state index contributed by atoms with van der Waals surface area (Å²) >= 11 is 0. The van der Waals surface area contributed by atoms with Crippen molar-refractivity contribution in [3.63, 3.8) is 0 Å². The Morgan fingerprint density at radius 2 is 1.85 bits per heavy atom. The van der Waals surface area contributed by atoms with Crippen molar-refractivity contribution < 1.29 is 29.2 Å². The van der Waals surface area contributed by atoms with Gasteiger partial charge in [-0.3, -0.25) is 24.5 Å². The molecular formula is C22H32N4O7. The van der Waals surface area contributed by atoms with Gasteiger partial charge in [-0.05, 0) is 36.5 Å². The molecule has 1 rings (SSSR count). The van der Waals surface area contributed by atoms with E-state index >= 15 is 0 Å². The number of benzene rings is 1. The molecule has 0 bridgehead atoms. The van der Waals surface area contributed by atoms with Gasteiger partial charge in [0, 0.05) is 36.9 Å². The van der Waals surface area contributed by atoms with Crippen molar-refractivity contribution in [2.75, 3.05) is 6.54 Å². The largest absolute Gasteiger partial charge is 0.465 e. The molecule has 1 aromatic rings. The highest BCUT2D eigenvalue weighted by molar-refractivity contribution is 5.97. The first kappa shape index (κ1) is 27.5. The molecule has 0 aliphatic rings. The number of Topliss-reactive ketones (excluding diaryl/α,β-unsaturated/α-hetero) is 1. The number of hydrogen-bond donors (Lipinski definition) is 4. The second-order valence-corrected chi connectivity index (χ2v) is 7.89. The summed E-state index contributed by atoms with van der Waals surface area (Å²) in [7, 11) is 0. The molecule has 4 N–H and O–H groups in total. The number of hydrogen-bond acceptors (Lipinski definition) is 6. The fraction of sp³-hybridized carbons (Fsp3) is 0.545. The SMILES string of the molecule is CCC(C)[C@H](NC(=O)c1cccc(CNC(=O)O)c1)C(=O)NCCCCC(C(C)=O)[N+](=O)[O-]. The van der Waals surface area contributed by atoms with Crippen LogP contribution in [0.25, 0.3) is 0 Å². The van der Waals surface area contributed by atoms with Crippen LogP contribution in [-0.4, -0.2) is 52.3 Å². The second kappa shape index (κ2) is 13.8. The maximum absolute atomic E-state index is 12.7. The first-order chi connectivity index (χ1) is 15.6.